The van der Waals surface area contributed by atoms with E-state index in [0.717, 1.165) is 11.1 Å². The summed E-state index contributed by atoms with van der Waals surface area (Å²) in [6.07, 6.45) is 0. The third-order valence-corrected chi connectivity index (χ3v) is 3.39. The molecule has 0 aromatic heterocycles. The second kappa shape index (κ2) is 5.59. The lowest BCUT2D eigenvalue weighted by Crippen LogP contribution is -2.18. The largest absolute Gasteiger partial charge is 0.309 e. The van der Waals surface area contributed by atoms with E-state index in [2.05, 4.69) is 21.2 Å². The quantitative estimate of drug-likeness (QED) is 0.902. The van der Waals surface area contributed by atoms with Crippen molar-refractivity contribution in [1.29, 1.82) is 0 Å². The molecule has 0 spiro atoms. The van der Waals surface area contributed by atoms with Crippen LogP contribution in [0.15, 0.2) is 46.9 Å². The van der Waals surface area contributed by atoms with Gasteiger partial charge in [0.05, 0.1) is 10.5 Å². The minimum atomic E-state index is -0.329. The molecule has 0 aliphatic rings. The van der Waals surface area contributed by atoms with E-state index in [1.165, 1.54) is 18.2 Å². The zero-order valence-corrected chi connectivity index (χ0v) is 11.3. The fourth-order valence-corrected chi connectivity index (χ4v) is 2.15. The maximum Gasteiger partial charge on any atom is 0.137 e. The average molecular weight is 312 g/mol. The predicted octanol–water partition coefficient (Wildman–Crippen LogP) is 4.04. The van der Waals surface area contributed by atoms with Crippen LogP contribution in [-0.4, -0.2) is 7.05 Å². The van der Waals surface area contributed by atoms with Gasteiger partial charge in [-0.3, -0.25) is 0 Å². The Labute approximate surface area is 113 Å². The minimum Gasteiger partial charge on any atom is -0.309 e. The topological polar surface area (TPSA) is 12.0 Å². The van der Waals surface area contributed by atoms with Gasteiger partial charge in [0.2, 0.25) is 0 Å². The standard InChI is InChI=1S/C14H12BrF2N/c1-18-14(9-3-2-4-11(16)7-9)10-5-6-12(15)13(17)8-10/h2-8,14,18H,1H3. The lowest BCUT2D eigenvalue weighted by molar-refractivity contribution is 0.605. The van der Waals surface area contributed by atoms with Crippen LogP contribution in [-0.2, 0) is 0 Å². The van der Waals surface area contributed by atoms with Crippen LogP contribution in [0.3, 0.4) is 0 Å². The molecule has 0 amide bonds. The first kappa shape index (κ1) is 13.2. The van der Waals surface area contributed by atoms with Crippen molar-refractivity contribution in [3.05, 3.63) is 69.7 Å². The Bertz CT molecular complexity index is 557. The van der Waals surface area contributed by atoms with Crippen molar-refractivity contribution in [1.82, 2.24) is 5.32 Å². The van der Waals surface area contributed by atoms with Gasteiger partial charge in [-0.1, -0.05) is 18.2 Å². The average Bonchev–Trinajstić information content (AvgIpc) is 2.35. The molecule has 0 fully saturated rings. The summed E-state index contributed by atoms with van der Waals surface area (Å²) < 4.78 is 27.2. The second-order valence-electron chi connectivity index (χ2n) is 3.95. The highest BCUT2D eigenvalue weighted by atomic mass is 79.9. The first-order chi connectivity index (χ1) is 8.61. The molecule has 2 aromatic rings. The van der Waals surface area contributed by atoms with Crippen LogP contribution in [0, 0.1) is 11.6 Å². The van der Waals surface area contributed by atoms with Crippen LogP contribution in [0.2, 0.25) is 0 Å². The molecule has 1 N–H and O–H groups in total. The van der Waals surface area contributed by atoms with Gasteiger partial charge < -0.3 is 5.32 Å². The molecule has 0 saturated heterocycles. The highest BCUT2D eigenvalue weighted by Gasteiger charge is 2.14. The third-order valence-electron chi connectivity index (χ3n) is 2.75. The fourth-order valence-electron chi connectivity index (χ4n) is 1.90. The molecule has 0 heterocycles. The molecule has 0 aliphatic heterocycles. The van der Waals surface area contributed by atoms with Gasteiger partial charge in [0, 0.05) is 0 Å². The molecule has 18 heavy (non-hydrogen) atoms. The zero-order chi connectivity index (χ0) is 13.1. The van der Waals surface area contributed by atoms with Crippen LogP contribution < -0.4 is 5.32 Å². The molecule has 94 valence electrons. The van der Waals surface area contributed by atoms with E-state index in [1.54, 1.807) is 25.2 Å². The van der Waals surface area contributed by atoms with E-state index in [-0.39, 0.29) is 17.7 Å². The Morgan fingerprint density at radius 2 is 1.78 bits per heavy atom. The molecule has 0 bridgehead atoms. The zero-order valence-electron chi connectivity index (χ0n) is 9.75. The van der Waals surface area contributed by atoms with Gasteiger partial charge in [-0.25, -0.2) is 8.78 Å². The van der Waals surface area contributed by atoms with E-state index >= 15 is 0 Å². The molecular formula is C14H12BrF2N. The highest BCUT2D eigenvalue weighted by molar-refractivity contribution is 9.10. The smallest absolute Gasteiger partial charge is 0.137 e. The van der Waals surface area contributed by atoms with Crippen LogP contribution in [0.5, 0.6) is 0 Å². The summed E-state index contributed by atoms with van der Waals surface area (Å²) in [5, 5.41) is 3.06. The number of nitrogens with one attached hydrogen (secondary N) is 1. The van der Waals surface area contributed by atoms with Crippen molar-refractivity contribution in [3.63, 3.8) is 0 Å². The summed E-state index contributed by atoms with van der Waals surface area (Å²) in [4.78, 5) is 0. The van der Waals surface area contributed by atoms with Crippen LogP contribution >= 0.6 is 15.9 Å². The summed E-state index contributed by atoms with van der Waals surface area (Å²) in [5.74, 6) is -0.630. The van der Waals surface area contributed by atoms with E-state index < -0.39 is 0 Å². The highest BCUT2D eigenvalue weighted by Crippen LogP contribution is 2.25. The normalized spacial score (nSPS) is 12.4. The molecule has 0 saturated carbocycles. The van der Waals surface area contributed by atoms with E-state index in [9.17, 15) is 8.78 Å². The van der Waals surface area contributed by atoms with Crippen LogP contribution in [0.4, 0.5) is 8.78 Å². The number of hydrogen-bond donors (Lipinski definition) is 1. The summed E-state index contributed by atoms with van der Waals surface area (Å²) in [6, 6.07) is 10.9. The van der Waals surface area contributed by atoms with E-state index in [1.807, 2.05) is 6.07 Å². The van der Waals surface area contributed by atoms with Crippen molar-refractivity contribution in [2.75, 3.05) is 7.05 Å². The van der Waals surface area contributed by atoms with Gasteiger partial charge in [-0.15, -0.1) is 0 Å². The Kier molecular flexibility index (Phi) is 4.09. The van der Waals surface area contributed by atoms with Crippen molar-refractivity contribution < 1.29 is 8.78 Å². The maximum atomic E-state index is 13.5. The van der Waals surface area contributed by atoms with Gasteiger partial charge in [0.25, 0.3) is 0 Å². The molecular weight excluding hydrogens is 300 g/mol. The maximum absolute atomic E-state index is 13.5. The summed E-state index contributed by atoms with van der Waals surface area (Å²) in [7, 11) is 1.76. The number of hydrogen-bond acceptors (Lipinski definition) is 1. The first-order valence-electron chi connectivity index (χ1n) is 5.49. The van der Waals surface area contributed by atoms with Crippen molar-refractivity contribution in [2.24, 2.45) is 0 Å². The van der Waals surface area contributed by atoms with Crippen molar-refractivity contribution >= 4 is 15.9 Å². The molecule has 0 radical (unpaired) electrons. The van der Waals surface area contributed by atoms with E-state index in [4.69, 9.17) is 0 Å². The van der Waals surface area contributed by atoms with Gasteiger partial charge >= 0.3 is 0 Å². The Balaban J connectivity index is 2.42. The van der Waals surface area contributed by atoms with E-state index in [0.29, 0.717) is 4.47 Å². The lowest BCUT2D eigenvalue weighted by atomic mass is 9.99. The summed E-state index contributed by atoms with van der Waals surface area (Å²) >= 11 is 3.11. The van der Waals surface area contributed by atoms with Crippen molar-refractivity contribution in [3.8, 4) is 0 Å². The van der Waals surface area contributed by atoms with Crippen molar-refractivity contribution in [2.45, 2.75) is 6.04 Å². The molecule has 2 aromatic carbocycles. The molecule has 4 heteroatoms. The van der Waals surface area contributed by atoms with Gasteiger partial charge in [-0.05, 0) is 58.4 Å². The monoisotopic (exact) mass is 311 g/mol. The second-order valence-corrected chi connectivity index (χ2v) is 4.80. The first-order valence-corrected chi connectivity index (χ1v) is 6.29. The summed E-state index contributed by atoms with van der Waals surface area (Å²) in [6.45, 7) is 0. The predicted molar refractivity (Wildman–Crippen MR) is 71.4 cm³/mol. The molecule has 0 aliphatic carbocycles. The molecule has 1 unspecified atom stereocenters. The summed E-state index contributed by atoms with van der Waals surface area (Å²) in [5.41, 5.74) is 1.52. The molecule has 1 atom stereocenters. The van der Waals surface area contributed by atoms with Crippen LogP contribution in [0.1, 0.15) is 17.2 Å². The molecule has 1 nitrogen and oxygen atoms in total. The number of rotatable bonds is 3. The third kappa shape index (κ3) is 2.76. The Morgan fingerprint density at radius 3 is 2.39 bits per heavy atom. The van der Waals surface area contributed by atoms with Gasteiger partial charge in [-0.2, -0.15) is 0 Å². The number of benzene rings is 2. The molecule has 2 rings (SSSR count). The minimum absolute atomic E-state index is 0.233. The number of halogens is 3. The van der Waals surface area contributed by atoms with Gasteiger partial charge in [0.15, 0.2) is 0 Å². The Hall–Kier alpha value is -1.26. The van der Waals surface area contributed by atoms with Crippen LogP contribution in [0.25, 0.3) is 0 Å². The van der Waals surface area contributed by atoms with Gasteiger partial charge in [0.1, 0.15) is 11.6 Å². The SMILES string of the molecule is CNC(c1cccc(F)c1)c1ccc(Br)c(F)c1. The Morgan fingerprint density at radius 1 is 1.06 bits per heavy atom. The lowest BCUT2D eigenvalue weighted by Gasteiger charge is -2.17. The fraction of sp³-hybridized carbons (Fsp3) is 0.143.